The van der Waals surface area contributed by atoms with Crippen molar-refractivity contribution in [2.45, 2.75) is 77.4 Å². The fourth-order valence-corrected chi connectivity index (χ4v) is 7.13. The van der Waals surface area contributed by atoms with Gasteiger partial charge in [-0.15, -0.1) is 0 Å². The fourth-order valence-electron chi connectivity index (χ4n) is 7.13. The van der Waals surface area contributed by atoms with Crippen LogP contribution in [-0.4, -0.2) is 28.2 Å². The predicted octanol–water partition coefficient (Wildman–Crippen LogP) is 2.93. The van der Waals surface area contributed by atoms with Gasteiger partial charge in [0.25, 0.3) is 0 Å². The molecule has 0 aliphatic heterocycles. The largest absolute Gasteiger partial charge is 0.393 e. The minimum absolute atomic E-state index is 0.0584. The molecule has 4 aliphatic rings. The molecule has 4 saturated carbocycles. The molecule has 4 aliphatic carbocycles. The molecule has 6 unspecified atom stereocenters. The molecule has 8 atom stereocenters. The third-order valence-corrected chi connectivity index (χ3v) is 8.33. The van der Waals surface area contributed by atoms with Crippen LogP contribution < -0.4 is 0 Å². The molecule has 3 heteroatoms. The van der Waals surface area contributed by atoms with E-state index in [1.807, 2.05) is 0 Å². The van der Waals surface area contributed by atoms with E-state index in [0.29, 0.717) is 17.6 Å². The first kappa shape index (κ1) is 15.1. The highest BCUT2D eigenvalue weighted by Gasteiger charge is 2.63. The summed E-state index contributed by atoms with van der Waals surface area (Å²) < 4.78 is 0. The van der Waals surface area contributed by atoms with Gasteiger partial charge in [0.1, 0.15) is 5.78 Å². The number of fused-ring (bicyclic) bond motifs is 5. The molecule has 0 saturated heterocycles. The van der Waals surface area contributed by atoms with Crippen LogP contribution in [0.15, 0.2) is 0 Å². The van der Waals surface area contributed by atoms with Crippen molar-refractivity contribution in [2.24, 2.45) is 34.5 Å². The average Bonchev–Trinajstić information content (AvgIpc) is 2.78. The van der Waals surface area contributed by atoms with Crippen LogP contribution in [0.1, 0.15) is 65.2 Å². The van der Waals surface area contributed by atoms with Gasteiger partial charge in [-0.3, -0.25) is 4.79 Å². The molecule has 22 heavy (non-hydrogen) atoms. The molecular formula is C19H30O3. The molecule has 0 heterocycles. The third-order valence-electron chi connectivity index (χ3n) is 8.33. The summed E-state index contributed by atoms with van der Waals surface area (Å²) in [6.45, 7) is 4.50. The van der Waals surface area contributed by atoms with Crippen molar-refractivity contribution >= 4 is 5.78 Å². The molecule has 0 spiro atoms. The van der Waals surface area contributed by atoms with E-state index in [4.69, 9.17) is 0 Å². The normalized spacial score (nSPS) is 57.9. The smallest absolute Gasteiger partial charge is 0.136 e. The van der Waals surface area contributed by atoms with E-state index in [1.54, 1.807) is 0 Å². The Labute approximate surface area is 133 Å². The first-order chi connectivity index (χ1) is 10.4. The summed E-state index contributed by atoms with van der Waals surface area (Å²) in [5.74, 6) is 1.81. The lowest BCUT2D eigenvalue weighted by molar-refractivity contribution is -0.173. The zero-order valence-corrected chi connectivity index (χ0v) is 13.9. The maximum Gasteiger partial charge on any atom is 0.136 e. The first-order valence-electron chi connectivity index (χ1n) is 9.27. The maximum atomic E-state index is 12.4. The van der Waals surface area contributed by atoms with Gasteiger partial charge in [-0.1, -0.05) is 13.8 Å². The lowest BCUT2D eigenvalue weighted by atomic mass is 9.44. The van der Waals surface area contributed by atoms with Crippen LogP contribution in [0.5, 0.6) is 0 Å². The lowest BCUT2D eigenvalue weighted by Gasteiger charge is -2.60. The maximum absolute atomic E-state index is 12.4. The molecule has 0 amide bonds. The zero-order valence-electron chi connectivity index (χ0n) is 13.9. The Bertz CT molecular complexity index is 489. The Morgan fingerprint density at radius 3 is 2.59 bits per heavy atom. The van der Waals surface area contributed by atoms with E-state index in [0.717, 1.165) is 51.4 Å². The molecule has 2 N–H and O–H groups in total. The van der Waals surface area contributed by atoms with E-state index in [1.165, 1.54) is 0 Å². The molecule has 124 valence electrons. The number of hydrogen-bond donors (Lipinski definition) is 2. The molecule has 3 nitrogen and oxygen atoms in total. The number of aliphatic hydroxyl groups excluding tert-OH is 2. The molecule has 0 aromatic carbocycles. The van der Waals surface area contributed by atoms with Crippen molar-refractivity contribution in [3.63, 3.8) is 0 Å². The van der Waals surface area contributed by atoms with Crippen molar-refractivity contribution < 1.29 is 15.0 Å². The number of carbonyl (C=O) groups is 1. The minimum Gasteiger partial charge on any atom is -0.393 e. The van der Waals surface area contributed by atoms with E-state index in [-0.39, 0.29) is 34.9 Å². The summed E-state index contributed by atoms with van der Waals surface area (Å²) in [4.78, 5) is 12.4. The molecule has 0 aromatic heterocycles. The number of rotatable bonds is 0. The third kappa shape index (κ3) is 1.78. The summed E-state index contributed by atoms with van der Waals surface area (Å²) in [6, 6.07) is 0. The molecule has 0 radical (unpaired) electrons. The van der Waals surface area contributed by atoms with Gasteiger partial charge in [0.2, 0.25) is 0 Å². The number of Topliss-reactive ketones (excluding diaryl/α,β-unsaturated/α-hetero) is 1. The topological polar surface area (TPSA) is 57.5 Å². The summed E-state index contributed by atoms with van der Waals surface area (Å²) in [7, 11) is 0. The summed E-state index contributed by atoms with van der Waals surface area (Å²) in [5.41, 5.74) is -0.0503. The number of carbonyl (C=O) groups excluding carboxylic acids is 1. The summed E-state index contributed by atoms with van der Waals surface area (Å²) in [6.07, 6.45) is 7.01. The number of hydrogen-bond acceptors (Lipinski definition) is 3. The second-order valence-corrected chi connectivity index (χ2v) is 9.12. The van der Waals surface area contributed by atoms with Gasteiger partial charge in [0, 0.05) is 12.3 Å². The second kappa shape index (κ2) is 4.80. The standard InChI is InChI=1S/C19H30O3/c1-18-8-3-4-14(20)12(18)6-5-11-13(18)10-16(22)19(2)9-7-15(21)17(11)19/h11-13,15-17,21-22H,3-10H2,1-2H3/t11?,12-,13?,15-,16?,17?,18?,19?/m0/s1. The van der Waals surface area contributed by atoms with E-state index < -0.39 is 0 Å². The van der Waals surface area contributed by atoms with Crippen LogP contribution in [0.4, 0.5) is 0 Å². The van der Waals surface area contributed by atoms with Gasteiger partial charge in [-0.05, 0) is 73.5 Å². The van der Waals surface area contributed by atoms with E-state index in [2.05, 4.69) is 13.8 Å². The van der Waals surface area contributed by atoms with E-state index >= 15 is 0 Å². The van der Waals surface area contributed by atoms with Crippen LogP contribution in [-0.2, 0) is 4.79 Å². The van der Waals surface area contributed by atoms with Gasteiger partial charge in [-0.25, -0.2) is 0 Å². The molecular weight excluding hydrogens is 276 g/mol. The zero-order chi connectivity index (χ0) is 15.7. The van der Waals surface area contributed by atoms with Crippen LogP contribution in [0.3, 0.4) is 0 Å². The fraction of sp³-hybridized carbons (Fsp3) is 0.947. The van der Waals surface area contributed by atoms with Crippen LogP contribution >= 0.6 is 0 Å². The van der Waals surface area contributed by atoms with Crippen LogP contribution in [0.25, 0.3) is 0 Å². The number of aliphatic hydroxyl groups is 2. The molecule has 0 aromatic rings. The van der Waals surface area contributed by atoms with Gasteiger partial charge in [-0.2, -0.15) is 0 Å². The SMILES string of the molecule is CC12CC[C@H](O)C1C1CC[C@H]3C(=O)CCCC3(C)C1CC2O. The first-order valence-corrected chi connectivity index (χ1v) is 9.27. The van der Waals surface area contributed by atoms with Gasteiger partial charge in [0.15, 0.2) is 0 Å². The van der Waals surface area contributed by atoms with E-state index in [9.17, 15) is 15.0 Å². The Kier molecular flexibility index (Phi) is 3.30. The highest BCUT2D eigenvalue weighted by Crippen LogP contribution is 2.65. The Morgan fingerprint density at radius 2 is 1.82 bits per heavy atom. The number of ketones is 1. The quantitative estimate of drug-likeness (QED) is 0.723. The van der Waals surface area contributed by atoms with Gasteiger partial charge in [0.05, 0.1) is 12.2 Å². The Morgan fingerprint density at radius 1 is 1.05 bits per heavy atom. The highest BCUT2D eigenvalue weighted by molar-refractivity contribution is 5.82. The molecule has 4 rings (SSSR count). The molecule has 4 fully saturated rings. The van der Waals surface area contributed by atoms with Gasteiger partial charge >= 0.3 is 0 Å². The minimum atomic E-state index is -0.316. The van der Waals surface area contributed by atoms with Crippen molar-refractivity contribution in [1.29, 1.82) is 0 Å². The van der Waals surface area contributed by atoms with Gasteiger partial charge < -0.3 is 10.2 Å². The average molecular weight is 306 g/mol. The molecule has 0 bridgehead atoms. The Balaban J connectivity index is 1.72. The van der Waals surface area contributed by atoms with Crippen molar-refractivity contribution in [2.75, 3.05) is 0 Å². The highest BCUT2D eigenvalue weighted by atomic mass is 16.3. The van der Waals surface area contributed by atoms with Crippen LogP contribution in [0, 0.1) is 34.5 Å². The lowest BCUT2D eigenvalue weighted by Crippen LogP contribution is -2.59. The second-order valence-electron chi connectivity index (χ2n) is 9.12. The monoisotopic (exact) mass is 306 g/mol. The summed E-state index contributed by atoms with van der Waals surface area (Å²) in [5, 5.41) is 21.5. The van der Waals surface area contributed by atoms with Crippen molar-refractivity contribution in [3.05, 3.63) is 0 Å². The Hall–Kier alpha value is -0.410. The van der Waals surface area contributed by atoms with Crippen LogP contribution in [0.2, 0.25) is 0 Å². The van der Waals surface area contributed by atoms with Crippen molar-refractivity contribution in [1.82, 2.24) is 0 Å². The predicted molar refractivity (Wildman–Crippen MR) is 84.1 cm³/mol. The van der Waals surface area contributed by atoms with Crippen molar-refractivity contribution in [3.8, 4) is 0 Å². The summed E-state index contributed by atoms with van der Waals surface area (Å²) >= 11 is 0.